The third-order valence-electron chi connectivity index (χ3n) is 2.85. The first-order chi connectivity index (χ1) is 5.71. The molecule has 0 bridgehead atoms. The second kappa shape index (κ2) is 2.82. The summed E-state index contributed by atoms with van der Waals surface area (Å²) in [5.74, 6) is 0.656. The minimum Gasteiger partial charge on any atom is -0.319 e. The lowest BCUT2D eigenvalue weighted by Gasteiger charge is -2.38. The lowest BCUT2D eigenvalue weighted by Crippen LogP contribution is -2.44. The molecule has 0 amide bonds. The second-order valence-corrected chi connectivity index (χ2v) is 4.64. The monoisotopic (exact) mass is 182 g/mol. The summed E-state index contributed by atoms with van der Waals surface area (Å²) in [6.45, 7) is 2.11. The molecule has 0 aromatic carbocycles. The zero-order valence-electron chi connectivity index (χ0n) is 7.29. The Balaban J connectivity index is 2.19. The van der Waals surface area contributed by atoms with Crippen molar-refractivity contribution >= 4 is 11.3 Å². The van der Waals surface area contributed by atoms with Crippen LogP contribution in [-0.4, -0.2) is 4.98 Å². The number of nitrogens with zero attached hydrogens (tertiary/aromatic N) is 1. The first-order valence-corrected chi connectivity index (χ1v) is 5.28. The Labute approximate surface area is 76.8 Å². The maximum Gasteiger partial charge on any atom is 0.112 e. The van der Waals surface area contributed by atoms with E-state index in [1.165, 1.54) is 19.3 Å². The highest BCUT2D eigenvalue weighted by Gasteiger charge is 2.37. The van der Waals surface area contributed by atoms with Crippen molar-refractivity contribution in [1.82, 2.24) is 4.98 Å². The van der Waals surface area contributed by atoms with Crippen LogP contribution in [0, 0.1) is 5.92 Å². The van der Waals surface area contributed by atoms with Crippen LogP contribution >= 0.6 is 11.3 Å². The van der Waals surface area contributed by atoms with E-state index in [0.717, 1.165) is 5.01 Å². The van der Waals surface area contributed by atoms with E-state index in [1.807, 2.05) is 11.6 Å². The molecule has 2 nitrogen and oxygen atoms in total. The van der Waals surface area contributed by atoms with Crippen molar-refractivity contribution in [3.8, 4) is 0 Å². The lowest BCUT2D eigenvalue weighted by atomic mass is 9.72. The first-order valence-electron chi connectivity index (χ1n) is 4.40. The summed E-state index contributed by atoms with van der Waals surface area (Å²) in [5.41, 5.74) is 6.06. The van der Waals surface area contributed by atoms with E-state index in [-0.39, 0.29) is 5.54 Å². The molecule has 12 heavy (non-hydrogen) atoms. The zero-order valence-corrected chi connectivity index (χ0v) is 8.10. The van der Waals surface area contributed by atoms with Gasteiger partial charge in [-0.15, -0.1) is 11.3 Å². The predicted octanol–water partition coefficient (Wildman–Crippen LogP) is 2.12. The molecule has 1 aromatic rings. The Morgan fingerprint density at radius 3 is 2.83 bits per heavy atom. The molecule has 1 atom stereocenters. The van der Waals surface area contributed by atoms with Crippen LogP contribution in [0.4, 0.5) is 0 Å². The van der Waals surface area contributed by atoms with Crippen LogP contribution in [0.2, 0.25) is 0 Å². The van der Waals surface area contributed by atoms with Gasteiger partial charge in [0.1, 0.15) is 5.01 Å². The van der Waals surface area contributed by atoms with Gasteiger partial charge in [-0.05, 0) is 25.7 Å². The maximum atomic E-state index is 6.24. The third-order valence-corrected chi connectivity index (χ3v) is 3.87. The highest BCUT2D eigenvalue weighted by Crippen LogP contribution is 2.40. The van der Waals surface area contributed by atoms with Crippen LogP contribution in [0.1, 0.15) is 31.2 Å². The quantitative estimate of drug-likeness (QED) is 0.761. The molecule has 66 valence electrons. The summed E-state index contributed by atoms with van der Waals surface area (Å²) in [4.78, 5) is 4.28. The molecule has 1 aliphatic rings. The van der Waals surface area contributed by atoms with Crippen molar-refractivity contribution in [2.45, 2.75) is 31.7 Å². The van der Waals surface area contributed by atoms with Crippen molar-refractivity contribution < 1.29 is 0 Å². The Kier molecular flexibility index (Phi) is 1.93. The van der Waals surface area contributed by atoms with Crippen LogP contribution < -0.4 is 5.73 Å². The smallest absolute Gasteiger partial charge is 0.112 e. The topological polar surface area (TPSA) is 38.9 Å². The molecule has 2 rings (SSSR count). The highest BCUT2D eigenvalue weighted by atomic mass is 32.1. The normalized spacial score (nSPS) is 23.2. The maximum absolute atomic E-state index is 6.24. The number of hydrogen-bond donors (Lipinski definition) is 1. The van der Waals surface area contributed by atoms with Gasteiger partial charge in [0.25, 0.3) is 0 Å². The summed E-state index contributed by atoms with van der Waals surface area (Å²) in [7, 11) is 0. The van der Waals surface area contributed by atoms with E-state index in [0.29, 0.717) is 5.92 Å². The van der Waals surface area contributed by atoms with Gasteiger partial charge in [-0.2, -0.15) is 0 Å². The van der Waals surface area contributed by atoms with Crippen molar-refractivity contribution in [2.24, 2.45) is 11.7 Å². The minimum absolute atomic E-state index is 0.174. The average Bonchev–Trinajstić information content (AvgIpc) is 2.30. The average molecular weight is 182 g/mol. The number of aromatic nitrogens is 1. The highest BCUT2D eigenvalue weighted by molar-refractivity contribution is 7.09. The Hall–Kier alpha value is -0.410. The second-order valence-electron chi connectivity index (χ2n) is 3.75. The van der Waals surface area contributed by atoms with E-state index in [2.05, 4.69) is 11.9 Å². The number of nitrogens with two attached hydrogens (primary N) is 1. The van der Waals surface area contributed by atoms with Crippen LogP contribution in [0.3, 0.4) is 0 Å². The summed E-state index contributed by atoms with van der Waals surface area (Å²) in [5, 5.41) is 3.09. The van der Waals surface area contributed by atoms with Gasteiger partial charge in [-0.1, -0.05) is 6.42 Å². The van der Waals surface area contributed by atoms with Gasteiger partial charge in [-0.3, -0.25) is 0 Å². The molecule has 1 unspecified atom stereocenters. The number of hydrogen-bond acceptors (Lipinski definition) is 3. The molecule has 1 fully saturated rings. The van der Waals surface area contributed by atoms with Gasteiger partial charge < -0.3 is 5.73 Å². The fourth-order valence-electron chi connectivity index (χ4n) is 1.67. The summed E-state index contributed by atoms with van der Waals surface area (Å²) >= 11 is 1.67. The molecule has 3 heteroatoms. The summed E-state index contributed by atoms with van der Waals surface area (Å²) in [6.07, 6.45) is 5.71. The lowest BCUT2D eigenvalue weighted by molar-refractivity contribution is 0.183. The van der Waals surface area contributed by atoms with Crippen molar-refractivity contribution in [2.75, 3.05) is 0 Å². The molecule has 0 aliphatic heterocycles. The fraction of sp³-hybridized carbons (Fsp3) is 0.667. The fourth-order valence-corrected chi connectivity index (χ4v) is 2.46. The molecule has 1 aromatic heterocycles. The Bertz CT molecular complexity index is 250. The standard InChI is InChI=1S/C9H14N2S/c1-9(10,7-3-2-4-7)8-11-5-6-12-8/h5-7H,2-4,10H2,1H3. The van der Waals surface area contributed by atoms with E-state index in [1.54, 1.807) is 11.3 Å². The summed E-state index contributed by atoms with van der Waals surface area (Å²) < 4.78 is 0. The molecule has 2 N–H and O–H groups in total. The van der Waals surface area contributed by atoms with Crippen LogP contribution in [0.15, 0.2) is 11.6 Å². The molecule has 1 aliphatic carbocycles. The first kappa shape index (κ1) is 8.20. The largest absolute Gasteiger partial charge is 0.319 e. The van der Waals surface area contributed by atoms with Crippen LogP contribution in [0.25, 0.3) is 0 Å². The Morgan fingerprint density at radius 1 is 1.67 bits per heavy atom. The zero-order chi connectivity index (χ0) is 8.60. The van der Waals surface area contributed by atoms with Crippen molar-refractivity contribution in [3.63, 3.8) is 0 Å². The SMILES string of the molecule is CC(N)(c1nccs1)C1CCC1. The van der Waals surface area contributed by atoms with Gasteiger partial charge in [0.05, 0.1) is 5.54 Å². The Morgan fingerprint density at radius 2 is 2.42 bits per heavy atom. The van der Waals surface area contributed by atoms with E-state index >= 15 is 0 Å². The molecule has 1 heterocycles. The molecular weight excluding hydrogens is 168 g/mol. The predicted molar refractivity (Wildman–Crippen MR) is 51.0 cm³/mol. The molecule has 0 spiro atoms. The van der Waals surface area contributed by atoms with E-state index in [4.69, 9.17) is 5.73 Å². The van der Waals surface area contributed by atoms with Crippen LogP contribution in [-0.2, 0) is 5.54 Å². The minimum atomic E-state index is -0.174. The number of thiazole rings is 1. The van der Waals surface area contributed by atoms with Crippen molar-refractivity contribution in [3.05, 3.63) is 16.6 Å². The molecular formula is C9H14N2S. The third kappa shape index (κ3) is 1.17. The number of rotatable bonds is 2. The summed E-state index contributed by atoms with van der Waals surface area (Å²) in [6, 6.07) is 0. The molecule has 0 saturated heterocycles. The van der Waals surface area contributed by atoms with E-state index < -0.39 is 0 Å². The van der Waals surface area contributed by atoms with Crippen molar-refractivity contribution in [1.29, 1.82) is 0 Å². The van der Waals surface area contributed by atoms with Gasteiger partial charge in [0.2, 0.25) is 0 Å². The van der Waals surface area contributed by atoms with Crippen LogP contribution in [0.5, 0.6) is 0 Å². The molecule has 0 radical (unpaired) electrons. The van der Waals surface area contributed by atoms with E-state index in [9.17, 15) is 0 Å². The molecule has 1 saturated carbocycles. The van der Waals surface area contributed by atoms with Gasteiger partial charge in [0, 0.05) is 11.6 Å². The van der Waals surface area contributed by atoms with Gasteiger partial charge in [0.15, 0.2) is 0 Å². The van der Waals surface area contributed by atoms with Gasteiger partial charge >= 0.3 is 0 Å². The van der Waals surface area contributed by atoms with Gasteiger partial charge in [-0.25, -0.2) is 4.98 Å².